The van der Waals surface area contributed by atoms with Crippen molar-refractivity contribution in [3.63, 3.8) is 0 Å². The van der Waals surface area contributed by atoms with Gasteiger partial charge >= 0.3 is 5.97 Å². The second kappa shape index (κ2) is 8.51. The van der Waals surface area contributed by atoms with Crippen molar-refractivity contribution < 1.29 is 19.4 Å². The molecule has 0 spiro atoms. The third-order valence-corrected chi connectivity index (χ3v) is 4.69. The number of likely N-dealkylation sites (N-methyl/N-ethyl adjacent to an activating group) is 1. The largest absolute Gasteiger partial charge is 0.480 e. The number of carboxylic acids is 1. The molecule has 1 aromatic carbocycles. The molecule has 2 N–H and O–H groups in total. The van der Waals surface area contributed by atoms with E-state index in [0.717, 1.165) is 0 Å². The molecule has 0 saturated carbocycles. The van der Waals surface area contributed by atoms with Crippen molar-refractivity contribution in [1.29, 1.82) is 0 Å². The lowest BCUT2D eigenvalue weighted by Crippen LogP contribution is -2.49. The molecule has 1 unspecified atom stereocenters. The Morgan fingerprint density at radius 1 is 1.44 bits per heavy atom. The standard InChI is InChI=1S/C18H21ClN4O4/c1-22(11-16(24)25)9-12-10-23(6-7-27-12)18(26)14-8-20-21-17(14)13-4-2-3-5-15(13)19/h2-5,8,12H,6-7,9-11H2,1H3,(H,20,21)(H,24,25). The molecule has 1 saturated heterocycles. The number of aliphatic carboxylic acids is 1. The van der Waals surface area contributed by atoms with Crippen LogP contribution in [0.2, 0.25) is 5.02 Å². The average molecular weight is 393 g/mol. The van der Waals surface area contributed by atoms with Crippen LogP contribution >= 0.6 is 11.6 Å². The number of carbonyl (C=O) groups is 2. The number of ether oxygens (including phenoxy) is 1. The summed E-state index contributed by atoms with van der Waals surface area (Å²) in [6, 6.07) is 7.26. The first-order valence-corrected chi connectivity index (χ1v) is 8.93. The average Bonchev–Trinajstić information content (AvgIpc) is 3.10. The molecule has 8 nitrogen and oxygen atoms in total. The van der Waals surface area contributed by atoms with Crippen LogP contribution in [0.3, 0.4) is 0 Å². The highest BCUT2D eigenvalue weighted by Gasteiger charge is 2.28. The second-order valence-electron chi connectivity index (χ2n) is 6.47. The number of benzene rings is 1. The van der Waals surface area contributed by atoms with Gasteiger partial charge in [-0.1, -0.05) is 29.8 Å². The van der Waals surface area contributed by atoms with E-state index in [2.05, 4.69) is 10.2 Å². The number of nitrogens with zero attached hydrogens (tertiary/aromatic N) is 3. The summed E-state index contributed by atoms with van der Waals surface area (Å²) in [5.41, 5.74) is 1.74. The maximum Gasteiger partial charge on any atom is 0.317 e. The first kappa shape index (κ1) is 19.3. The smallest absolute Gasteiger partial charge is 0.317 e. The predicted octanol–water partition coefficient (Wildman–Crippen LogP) is 1.59. The van der Waals surface area contributed by atoms with Crippen molar-refractivity contribution in [2.24, 2.45) is 0 Å². The highest BCUT2D eigenvalue weighted by molar-refractivity contribution is 6.33. The van der Waals surface area contributed by atoms with Gasteiger partial charge in [-0.15, -0.1) is 0 Å². The van der Waals surface area contributed by atoms with E-state index in [9.17, 15) is 9.59 Å². The molecule has 2 aromatic rings. The minimum Gasteiger partial charge on any atom is -0.480 e. The van der Waals surface area contributed by atoms with E-state index in [-0.39, 0.29) is 18.6 Å². The van der Waals surface area contributed by atoms with Crippen LogP contribution in [-0.2, 0) is 9.53 Å². The number of morpholine rings is 1. The van der Waals surface area contributed by atoms with Crippen molar-refractivity contribution in [2.45, 2.75) is 6.10 Å². The van der Waals surface area contributed by atoms with Gasteiger partial charge in [0.05, 0.1) is 36.7 Å². The van der Waals surface area contributed by atoms with E-state index >= 15 is 0 Å². The molecular formula is C18H21ClN4O4. The normalized spacial score (nSPS) is 17.3. The van der Waals surface area contributed by atoms with Crippen molar-refractivity contribution in [3.8, 4) is 11.3 Å². The van der Waals surface area contributed by atoms with E-state index in [1.165, 1.54) is 6.20 Å². The van der Waals surface area contributed by atoms with E-state index in [1.54, 1.807) is 22.9 Å². The quantitative estimate of drug-likeness (QED) is 0.774. The molecule has 1 aliphatic heterocycles. The van der Waals surface area contributed by atoms with Gasteiger partial charge in [-0.25, -0.2) is 0 Å². The first-order chi connectivity index (χ1) is 13.0. The second-order valence-corrected chi connectivity index (χ2v) is 6.88. The maximum atomic E-state index is 13.0. The van der Waals surface area contributed by atoms with E-state index < -0.39 is 5.97 Å². The molecule has 9 heteroatoms. The monoisotopic (exact) mass is 392 g/mol. The summed E-state index contributed by atoms with van der Waals surface area (Å²) in [4.78, 5) is 27.2. The number of hydrogen-bond acceptors (Lipinski definition) is 5. The van der Waals surface area contributed by atoms with Gasteiger partial charge in [-0.05, 0) is 13.1 Å². The molecule has 3 rings (SSSR count). The Hall–Kier alpha value is -2.42. The zero-order chi connectivity index (χ0) is 19.4. The third kappa shape index (κ3) is 4.65. The number of halogens is 1. The van der Waals surface area contributed by atoms with Gasteiger partial charge < -0.3 is 14.7 Å². The van der Waals surface area contributed by atoms with Gasteiger partial charge in [0.15, 0.2) is 0 Å². The molecular weight excluding hydrogens is 372 g/mol. The van der Waals surface area contributed by atoms with Gasteiger partial charge in [0.25, 0.3) is 5.91 Å². The molecule has 1 aliphatic rings. The molecule has 2 heterocycles. The molecule has 27 heavy (non-hydrogen) atoms. The molecule has 0 bridgehead atoms. The fourth-order valence-corrected chi connectivity index (χ4v) is 3.38. The number of nitrogens with one attached hydrogen (secondary N) is 1. The Balaban J connectivity index is 1.72. The maximum absolute atomic E-state index is 13.0. The Morgan fingerprint density at radius 3 is 2.96 bits per heavy atom. The Morgan fingerprint density at radius 2 is 2.22 bits per heavy atom. The third-order valence-electron chi connectivity index (χ3n) is 4.36. The van der Waals surface area contributed by atoms with Crippen molar-refractivity contribution in [3.05, 3.63) is 41.0 Å². The van der Waals surface area contributed by atoms with Crippen LogP contribution in [0.5, 0.6) is 0 Å². The number of carbonyl (C=O) groups excluding carboxylic acids is 1. The summed E-state index contributed by atoms with van der Waals surface area (Å²) in [6.45, 7) is 1.60. The van der Waals surface area contributed by atoms with Gasteiger partial charge in [0, 0.05) is 30.2 Å². The summed E-state index contributed by atoms with van der Waals surface area (Å²) in [5, 5.41) is 16.3. The summed E-state index contributed by atoms with van der Waals surface area (Å²) < 4.78 is 5.69. The number of carboxylic acid groups (broad SMARTS) is 1. The van der Waals surface area contributed by atoms with Crippen molar-refractivity contribution in [2.75, 3.05) is 39.8 Å². The van der Waals surface area contributed by atoms with Gasteiger partial charge in [-0.2, -0.15) is 5.10 Å². The van der Waals surface area contributed by atoms with E-state index in [0.29, 0.717) is 48.1 Å². The molecule has 1 aromatic heterocycles. The van der Waals surface area contributed by atoms with E-state index in [1.807, 2.05) is 18.2 Å². The molecule has 1 atom stereocenters. The van der Waals surface area contributed by atoms with Crippen molar-refractivity contribution >= 4 is 23.5 Å². The number of aromatic amines is 1. The minimum absolute atomic E-state index is 0.0772. The summed E-state index contributed by atoms with van der Waals surface area (Å²) in [6.07, 6.45) is 1.25. The zero-order valence-corrected chi connectivity index (χ0v) is 15.6. The van der Waals surface area contributed by atoms with Crippen LogP contribution in [0.25, 0.3) is 11.3 Å². The van der Waals surface area contributed by atoms with Gasteiger partial charge in [-0.3, -0.25) is 19.6 Å². The molecule has 144 valence electrons. The number of aromatic nitrogens is 2. The highest BCUT2D eigenvalue weighted by Crippen LogP contribution is 2.29. The number of amides is 1. The lowest BCUT2D eigenvalue weighted by Gasteiger charge is -2.34. The summed E-state index contributed by atoms with van der Waals surface area (Å²) in [7, 11) is 1.71. The minimum atomic E-state index is -0.899. The zero-order valence-electron chi connectivity index (χ0n) is 14.9. The van der Waals surface area contributed by atoms with Crippen LogP contribution in [-0.4, -0.2) is 82.9 Å². The fourth-order valence-electron chi connectivity index (χ4n) is 3.15. The SMILES string of the molecule is CN(CC(=O)O)CC1CN(C(=O)c2cn[nH]c2-c2ccccc2Cl)CCO1. The topological polar surface area (TPSA) is 98.8 Å². The van der Waals surface area contributed by atoms with Gasteiger partial charge in [0.2, 0.25) is 0 Å². The van der Waals surface area contributed by atoms with Crippen LogP contribution in [0, 0.1) is 0 Å². The molecule has 0 radical (unpaired) electrons. The Kier molecular flexibility index (Phi) is 6.10. The summed E-state index contributed by atoms with van der Waals surface area (Å²) in [5.74, 6) is -1.06. The van der Waals surface area contributed by atoms with Gasteiger partial charge in [0.1, 0.15) is 0 Å². The molecule has 1 amide bonds. The first-order valence-electron chi connectivity index (χ1n) is 8.55. The number of H-pyrrole nitrogens is 1. The molecule has 1 fully saturated rings. The van der Waals surface area contributed by atoms with Crippen molar-refractivity contribution in [1.82, 2.24) is 20.0 Å². The number of hydrogen-bond donors (Lipinski definition) is 2. The fraction of sp³-hybridized carbons (Fsp3) is 0.389. The van der Waals surface area contributed by atoms with Crippen LogP contribution in [0.1, 0.15) is 10.4 Å². The predicted molar refractivity (Wildman–Crippen MR) is 99.8 cm³/mol. The lowest BCUT2D eigenvalue weighted by atomic mass is 10.1. The Bertz CT molecular complexity index is 825. The van der Waals surface area contributed by atoms with Crippen LogP contribution in [0.4, 0.5) is 0 Å². The molecule has 0 aliphatic carbocycles. The van der Waals surface area contributed by atoms with Crippen LogP contribution < -0.4 is 0 Å². The number of rotatable bonds is 6. The van der Waals surface area contributed by atoms with E-state index in [4.69, 9.17) is 21.4 Å². The lowest BCUT2D eigenvalue weighted by molar-refractivity contribution is -0.138. The van der Waals surface area contributed by atoms with Crippen LogP contribution in [0.15, 0.2) is 30.5 Å². The highest BCUT2D eigenvalue weighted by atomic mass is 35.5. The Labute approximate surface area is 161 Å². The summed E-state index contributed by atoms with van der Waals surface area (Å²) >= 11 is 6.25.